The molecule has 1 fully saturated rings. The van der Waals surface area contributed by atoms with Crippen molar-refractivity contribution in [3.8, 4) is 0 Å². The van der Waals surface area contributed by atoms with E-state index in [1.807, 2.05) is 51.1 Å². The molecule has 2 aromatic rings. The van der Waals surface area contributed by atoms with Crippen LogP contribution < -0.4 is 4.90 Å². The Kier molecular flexibility index (Phi) is 7.88. The summed E-state index contributed by atoms with van der Waals surface area (Å²) in [5.41, 5.74) is 2.80. The average molecular weight is 455 g/mol. The number of hydrogen-bond donors (Lipinski definition) is 0. The molecule has 1 saturated heterocycles. The Bertz CT molecular complexity index is 920. The van der Waals surface area contributed by atoms with Crippen molar-refractivity contribution >= 4 is 11.8 Å². The summed E-state index contributed by atoms with van der Waals surface area (Å²) in [6.07, 6.45) is 2.86. The molecule has 1 aliphatic heterocycles. The van der Waals surface area contributed by atoms with Crippen LogP contribution in [0.4, 0.5) is 10.5 Å². The fourth-order valence-corrected chi connectivity index (χ4v) is 5.24. The van der Waals surface area contributed by atoms with Gasteiger partial charge in [0.05, 0.1) is 5.69 Å². The van der Waals surface area contributed by atoms with Gasteiger partial charge in [-0.15, -0.1) is 0 Å². The summed E-state index contributed by atoms with van der Waals surface area (Å²) in [7, 11) is 0. The van der Waals surface area contributed by atoms with E-state index in [2.05, 4.69) is 44.1 Å². The molecule has 3 atom stereocenters. The number of para-hydroxylation sites is 1. The molecule has 0 bridgehead atoms. The van der Waals surface area contributed by atoms with Crippen molar-refractivity contribution in [2.75, 3.05) is 18.0 Å². The van der Waals surface area contributed by atoms with Crippen LogP contribution in [0, 0.1) is 20.8 Å². The normalized spacial score (nSPS) is 21.8. The molecule has 0 spiro atoms. The maximum absolute atomic E-state index is 12.9. The van der Waals surface area contributed by atoms with E-state index in [-0.39, 0.29) is 6.09 Å². The lowest BCUT2D eigenvalue weighted by atomic mass is 9.92. The van der Waals surface area contributed by atoms with Crippen LogP contribution in [0.3, 0.4) is 0 Å². The summed E-state index contributed by atoms with van der Waals surface area (Å²) < 4.78 is 8.13. The van der Waals surface area contributed by atoms with Crippen LogP contribution in [0.15, 0.2) is 30.3 Å². The topological polar surface area (TPSA) is 50.6 Å². The number of carbonyl (C=O) groups is 1. The van der Waals surface area contributed by atoms with Crippen molar-refractivity contribution in [1.29, 1.82) is 0 Å². The fraction of sp³-hybridized carbons (Fsp3) is 0.630. The molecule has 6 heteroatoms. The molecule has 2 unspecified atom stereocenters. The third kappa shape index (κ3) is 6.17. The highest BCUT2D eigenvalue weighted by Crippen LogP contribution is 2.33. The Morgan fingerprint density at radius 3 is 2.21 bits per heavy atom. The Labute approximate surface area is 199 Å². The van der Waals surface area contributed by atoms with E-state index in [1.54, 1.807) is 4.90 Å². The van der Waals surface area contributed by atoms with Gasteiger partial charge in [0.1, 0.15) is 11.4 Å². The molecule has 0 N–H and O–H groups in total. The second-order valence-corrected chi connectivity index (χ2v) is 10.6. The number of rotatable bonds is 6. The number of aryl methyl sites for hydroxylation is 2. The number of nitrogens with zero attached hydrogens (tertiary/aromatic N) is 4. The summed E-state index contributed by atoms with van der Waals surface area (Å²) in [6.45, 7) is 18.4. The van der Waals surface area contributed by atoms with E-state index in [0.29, 0.717) is 24.7 Å². The number of piperidine rings is 1. The van der Waals surface area contributed by atoms with Crippen molar-refractivity contribution in [2.24, 2.45) is 0 Å². The maximum atomic E-state index is 12.9. The lowest BCUT2D eigenvalue weighted by Crippen LogP contribution is -2.48. The molecule has 0 saturated carbocycles. The largest absolute Gasteiger partial charge is 0.443 e. The lowest BCUT2D eigenvalue weighted by Gasteiger charge is -2.44. The molecule has 2 heterocycles. The SMILES string of the molecule is Cc1nc(C)n(C2CC(C)N(CCCN(C(=O)OC(C)(C)C)c3ccccc3)[C@@H](C)C2)c1C. The molecule has 3 rings (SSSR count). The Morgan fingerprint density at radius 1 is 1.09 bits per heavy atom. The molecular weight excluding hydrogens is 412 g/mol. The number of amides is 1. The quantitative estimate of drug-likeness (QED) is 0.533. The Balaban J connectivity index is 1.64. The van der Waals surface area contributed by atoms with E-state index >= 15 is 0 Å². The highest BCUT2D eigenvalue weighted by Gasteiger charge is 2.33. The second kappa shape index (κ2) is 10.3. The van der Waals surface area contributed by atoms with Crippen LogP contribution in [0.1, 0.15) is 77.1 Å². The molecule has 182 valence electrons. The van der Waals surface area contributed by atoms with Gasteiger partial charge in [-0.3, -0.25) is 9.80 Å². The van der Waals surface area contributed by atoms with E-state index in [1.165, 1.54) is 5.69 Å². The third-order valence-corrected chi connectivity index (χ3v) is 6.77. The Hall–Kier alpha value is -2.34. The predicted molar refractivity (Wildman–Crippen MR) is 135 cm³/mol. The smallest absolute Gasteiger partial charge is 0.414 e. The maximum Gasteiger partial charge on any atom is 0.414 e. The number of imidazole rings is 1. The van der Waals surface area contributed by atoms with Crippen LogP contribution in [-0.4, -0.2) is 51.3 Å². The monoisotopic (exact) mass is 454 g/mol. The number of anilines is 1. The third-order valence-electron chi connectivity index (χ3n) is 6.77. The number of benzene rings is 1. The highest BCUT2D eigenvalue weighted by atomic mass is 16.6. The second-order valence-electron chi connectivity index (χ2n) is 10.6. The lowest BCUT2D eigenvalue weighted by molar-refractivity contribution is 0.0566. The van der Waals surface area contributed by atoms with Gasteiger partial charge in [-0.05, 0) is 86.8 Å². The molecule has 1 aliphatic rings. The minimum absolute atomic E-state index is 0.282. The standard InChI is InChI=1S/C27H42N4O2/c1-19-17-25(31-22(4)21(3)28-23(31)5)18-20(2)29(19)15-12-16-30(24-13-10-9-11-14-24)26(32)33-27(6,7)8/h9-11,13-14,19-20,25H,12,15-18H2,1-8H3/t19-,20?,25?/m0/s1. The fourth-order valence-electron chi connectivity index (χ4n) is 5.24. The van der Waals surface area contributed by atoms with Crippen LogP contribution in [-0.2, 0) is 4.74 Å². The van der Waals surface area contributed by atoms with Gasteiger partial charge in [-0.1, -0.05) is 18.2 Å². The van der Waals surface area contributed by atoms with Crippen LogP contribution in [0.25, 0.3) is 0 Å². The molecule has 33 heavy (non-hydrogen) atoms. The van der Waals surface area contributed by atoms with Crippen molar-refractivity contribution in [1.82, 2.24) is 14.5 Å². The zero-order valence-corrected chi connectivity index (χ0v) is 21.8. The van der Waals surface area contributed by atoms with Gasteiger partial charge in [0.2, 0.25) is 0 Å². The van der Waals surface area contributed by atoms with E-state index < -0.39 is 5.60 Å². The summed E-state index contributed by atoms with van der Waals surface area (Å²) in [6, 6.07) is 11.3. The molecule has 0 aliphatic carbocycles. The average Bonchev–Trinajstić information content (AvgIpc) is 2.97. The zero-order chi connectivity index (χ0) is 24.3. The minimum atomic E-state index is -0.517. The molecule has 1 aromatic heterocycles. The number of aromatic nitrogens is 2. The summed E-state index contributed by atoms with van der Waals surface area (Å²) in [5, 5.41) is 0. The Morgan fingerprint density at radius 2 is 1.70 bits per heavy atom. The van der Waals surface area contributed by atoms with Gasteiger partial charge in [-0.2, -0.15) is 0 Å². The van der Waals surface area contributed by atoms with Gasteiger partial charge in [-0.25, -0.2) is 9.78 Å². The van der Waals surface area contributed by atoms with Gasteiger partial charge in [0.25, 0.3) is 0 Å². The van der Waals surface area contributed by atoms with Crippen molar-refractivity contribution in [3.05, 3.63) is 47.5 Å². The highest BCUT2D eigenvalue weighted by molar-refractivity contribution is 5.87. The summed E-state index contributed by atoms with van der Waals surface area (Å²) >= 11 is 0. The van der Waals surface area contributed by atoms with Crippen molar-refractivity contribution < 1.29 is 9.53 Å². The first-order valence-electron chi connectivity index (χ1n) is 12.3. The van der Waals surface area contributed by atoms with Crippen LogP contribution in [0.2, 0.25) is 0 Å². The van der Waals surface area contributed by atoms with Crippen LogP contribution in [0.5, 0.6) is 0 Å². The summed E-state index contributed by atoms with van der Waals surface area (Å²) in [5.74, 6) is 1.12. The number of hydrogen-bond acceptors (Lipinski definition) is 4. The predicted octanol–water partition coefficient (Wildman–Crippen LogP) is 6.05. The molecule has 1 amide bonds. The van der Waals surface area contributed by atoms with Crippen molar-refractivity contribution in [2.45, 2.75) is 98.4 Å². The minimum Gasteiger partial charge on any atom is -0.443 e. The number of ether oxygens (including phenoxy) is 1. The van der Waals surface area contributed by atoms with Gasteiger partial charge >= 0.3 is 6.09 Å². The van der Waals surface area contributed by atoms with E-state index in [9.17, 15) is 4.79 Å². The van der Waals surface area contributed by atoms with E-state index in [4.69, 9.17) is 9.72 Å². The van der Waals surface area contributed by atoms with Crippen molar-refractivity contribution in [3.63, 3.8) is 0 Å². The molecule has 0 radical (unpaired) electrons. The first kappa shape index (κ1) is 25.3. The molecule has 6 nitrogen and oxygen atoms in total. The first-order valence-corrected chi connectivity index (χ1v) is 12.3. The van der Waals surface area contributed by atoms with E-state index in [0.717, 1.165) is 43.0 Å². The first-order chi connectivity index (χ1) is 15.5. The summed E-state index contributed by atoms with van der Waals surface area (Å²) in [4.78, 5) is 22.0. The zero-order valence-electron chi connectivity index (χ0n) is 21.8. The van der Waals surface area contributed by atoms with Crippen LogP contribution >= 0.6 is 0 Å². The van der Waals surface area contributed by atoms with Gasteiger partial charge < -0.3 is 9.30 Å². The molecule has 1 aromatic carbocycles. The molecular formula is C27H42N4O2. The van der Waals surface area contributed by atoms with Gasteiger partial charge in [0, 0.05) is 42.6 Å². The number of carbonyl (C=O) groups excluding carboxylic acids is 1. The van der Waals surface area contributed by atoms with Gasteiger partial charge in [0.15, 0.2) is 0 Å². The number of likely N-dealkylation sites (tertiary alicyclic amines) is 1.